The number of nitrogens with zero attached hydrogens (tertiary/aromatic N) is 4. The second kappa shape index (κ2) is 86.2. The summed E-state index contributed by atoms with van der Waals surface area (Å²) in [4.78, 5) is 64.2. The van der Waals surface area contributed by atoms with Gasteiger partial charge in [-0.25, -0.2) is 4.68 Å². The minimum absolute atomic E-state index is 0.0957. The van der Waals surface area contributed by atoms with E-state index in [1.165, 1.54) is 0 Å². The molecule has 0 aliphatic carbocycles. The lowest BCUT2D eigenvalue weighted by Crippen LogP contribution is -2.42. The molecule has 0 atom stereocenters. The topological polar surface area (TPSA) is 459 Å². The van der Waals surface area contributed by atoms with Crippen molar-refractivity contribution in [1.29, 1.82) is 0 Å². The average molecular weight is 1830 g/mol. The molecule has 0 unspecified atom stereocenters. The lowest BCUT2D eigenvalue weighted by Gasteiger charge is -2.28. The number of benzene rings is 2. The molecule has 0 radical (unpaired) electrons. The van der Waals surface area contributed by atoms with E-state index in [9.17, 15) is 24.0 Å². The van der Waals surface area contributed by atoms with Crippen LogP contribution in [-0.4, -0.2) is 427 Å². The van der Waals surface area contributed by atoms with Crippen molar-refractivity contribution in [2.75, 3.05) is 381 Å². The first kappa shape index (κ1) is 114. The SMILES string of the molecule is CCCCNC(=O)CCC(=O)N1Cc2ccccc2-c2c(nnn2CCOCCOCCOCCOCCOCCOCCOCCOCCOCCOCCOCCOCCOCCOCCOCCOCCOCCOCCOCCOCCOCCOCCOCCOCCC(=O)NC(COCCC(=O)NCCN)COCCC(=O)NCCN)-c2ccccc21. The Balaban J connectivity index is 0.745. The van der Waals surface area contributed by atoms with Crippen LogP contribution in [0.1, 0.15) is 57.4 Å². The fourth-order valence-electron chi connectivity index (χ4n) is 11.3. The van der Waals surface area contributed by atoms with E-state index in [1.807, 2.05) is 53.2 Å². The van der Waals surface area contributed by atoms with Gasteiger partial charge in [0.2, 0.25) is 29.5 Å². The van der Waals surface area contributed by atoms with Crippen molar-refractivity contribution >= 4 is 35.2 Å². The van der Waals surface area contributed by atoms with Gasteiger partial charge in [-0.15, -0.1) is 5.10 Å². The summed E-state index contributed by atoms with van der Waals surface area (Å²) in [6.45, 7) is 26.6. The Labute approximate surface area is 755 Å². The summed E-state index contributed by atoms with van der Waals surface area (Å²) in [5.41, 5.74) is 15.8. The summed E-state index contributed by atoms with van der Waals surface area (Å²) in [5.74, 6) is -0.868. The minimum Gasteiger partial charge on any atom is -0.379 e. The molecular weight excluding hydrogens is 1680 g/mol. The molecule has 2 aromatic carbocycles. The summed E-state index contributed by atoms with van der Waals surface area (Å²) in [6, 6.07) is 15.2. The minimum atomic E-state index is -0.492. The van der Waals surface area contributed by atoms with Crippen molar-refractivity contribution in [2.24, 2.45) is 11.5 Å². The van der Waals surface area contributed by atoms with Crippen molar-refractivity contribution in [3.63, 3.8) is 0 Å². The summed E-state index contributed by atoms with van der Waals surface area (Å²) < 4.78 is 147. The highest BCUT2D eigenvalue weighted by atomic mass is 16.6. The van der Waals surface area contributed by atoms with Crippen LogP contribution in [0.3, 0.4) is 0 Å². The first-order valence-electron chi connectivity index (χ1n) is 45.2. The predicted molar refractivity (Wildman–Crippen MR) is 470 cm³/mol. The predicted octanol–water partition coefficient (Wildman–Crippen LogP) is 1.39. The van der Waals surface area contributed by atoms with Gasteiger partial charge in [-0.3, -0.25) is 24.0 Å². The maximum absolute atomic E-state index is 13.8. The molecule has 0 saturated carbocycles. The van der Waals surface area contributed by atoms with E-state index in [2.05, 4.69) is 38.5 Å². The number of carbonyl (C=O) groups excluding carboxylic acids is 5. The fourth-order valence-corrected chi connectivity index (χ4v) is 11.3. The molecule has 41 heteroatoms. The van der Waals surface area contributed by atoms with Gasteiger partial charge < -0.3 is 161 Å². The van der Waals surface area contributed by atoms with Crippen LogP contribution in [0.15, 0.2) is 48.5 Å². The number of nitrogens with two attached hydrogens (primary N) is 2. The van der Waals surface area contributed by atoms with Crippen LogP contribution < -0.4 is 37.6 Å². The van der Waals surface area contributed by atoms with Gasteiger partial charge in [-0.05, 0) is 18.1 Å². The van der Waals surface area contributed by atoms with E-state index in [4.69, 9.17) is 135 Å². The third-order valence-corrected chi connectivity index (χ3v) is 17.9. The number of anilines is 1. The van der Waals surface area contributed by atoms with Crippen molar-refractivity contribution in [3.05, 3.63) is 54.1 Å². The van der Waals surface area contributed by atoms with Crippen LogP contribution >= 0.6 is 0 Å². The number of hydrogen-bond acceptors (Lipinski definition) is 35. The largest absolute Gasteiger partial charge is 0.379 e. The maximum Gasteiger partial charge on any atom is 0.227 e. The number of nitrogens with one attached hydrogen (secondary N) is 4. The highest BCUT2D eigenvalue weighted by Crippen LogP contribution is 2.41. The second-order valence-electron chi connectivity index (χ2n) is 28.0. The molecule has 128 heavy (non-hydrogen) atoms. The molecule has 3 aromatic rings. The molecule has 0 fully saturated rings. The number of fused-ring (bicyclic) bond motifs is 5. The van der Waals surface area contributed by atoms with Crippen molar-refractivity contribution in [2.45, 2.75) is 71.0 Å². The third-order valence-electron chi connectivity index (χ3n) is 17.9. The number of ether oxygens (including phenoxy) is 26. The Hall–Kier alpha value is -6.19. The smallest absolute Gasteiger partial charge is 0.227 e. The Morgan fingerprint density at radius 2 is 0.609 bits per heavy atom. The van der Waals surface area contributed by atoms with E-state index in [1.54, 1.807) is 4.90 Å². The molecule has 0 saturated heterocycles. The monoisotopic (exact) mass is 1830 g/mol. The third kappa shape index (κ3) is 64.6. The molecule has 1 aliphatic heterocycles. The molecule has 8 N–H and O–H groups in total. The molecular formula is C87H152N10O31. The molecule has 0 spiro atoms. The second-order valence-corrected chi connectivity index (χ2v) is 28.0. The van der Waals surface area contributed by atoms with Gasteiger partial charge in [0.05, 0.1) is 374 Å². The fraction of sp³-hybridized carbons (Fsp3) is 0.782. The van der Waals surface area contributed by atoms with Crippen LogP contribution in [0.2, 0.25) is 0 Å². The van der Waals surface area contributed by atoms with Gasteiger partial charge in [-0.1, -0.05) is 61.0 Å². The molecule has 2 heterocycles. The lowest BCUT2D eigenvalue weighted by molar-refractivity contribution is -0.126. The summed E-state index contributed by atoms with van der Waals surface area (Å²) in [5, 5.41) is 20.3. The van der Waals surface area contributed by atoms with Crippen molar-refractivity contribution in [1.82, 2.24) is 36.3 Å². The average Bonchev–Trinajstić information content (AvgIpc) is 1.55. The van der Waals surface area contributed by atoms with Gasteiger partial charge in [0, 0.05) is 76.0 Å². The Morgan fingerprint density at radius 1 is 0.328 bits per heavy atom. The zero-order valence-corrected chi connectivity index (χ0v) is 76.0. The molecule has 1 aliphatic rings. The zero-order chi connectivity index (χ0) is 91.0. The van der Waals surface area contributed by atoms with Gasteiger partial charge >= 0.3 is 0 Å². The number of unbranched alkanes of at least 4 members (excludes halogenated alkanes) is 1. The van der Waals surface area contributed by atoms with Crippen molar-refractivity contribution < 1.29 is 147 Å². The zero-order valence-electron chi connectivity index (χ0n) is 76.0. The molecule has 0 bridgehead atoms. The Kier molecular flexibility index (Phi) is 76.9. The Morgan fingerprint density at radius 3 is 0.945 bits per heavy atom. The lowest BCUT2D eigenvalue weighted by atomic mass is 9.95. The van der Waals surface area contributed by atoms with Gasteiger partial charge in [0.25, 0.3) is 0 Å². The van der Waals surface area contributed by atoms with E-state index in [0.29, 0.717) is 362 Å². The Bertz CT molecular complexity index is 3070. The van der Waals surface area contributed by atoms with Crippen LogP contribution in [0.25, 0.3) is 22.5 Å². The number of aromatic nitrogens is 3. The molecule has 736 valence electrons. The first-order valence-corrected chi connectivity index (χ1v) is 45.2. The number of para-hydroxylation sites is 1. The van der Waals surface area contributed by atoms with Gasteiger partial charge in [0.15, 0.2) is 0 Å². The van der Waals surface area contributed by atoms with E-state index < -0.39 is 6.04 Å². The quantitative estimate of drug-likeness (QED) is 0.0435. The summed E-state index contributed by atoms with van der Waals surface area (Å²) >= 11 is 0. The van der Waals surface area contributed by atoms with Crippen molar-refractivity contribution in [3.8, 4) is 22.5 Å². The van der Waals surface area contributed by atoms with Crippen LogP contribution in [-0.2, 0) is 160 Å². The normalized spacial score (nSPS) is 11.9. The van der Waals surface area contributed by atoms with Crippen LogP contribution in [0.4, 0.5) is 5.69 Å². The number of rotatable bonds is 96. The van der Waals surface area contributed by atoms with E-state index in [0.717, 1.165) is 40.9 Å². The molecule has 4 rings (SSSR count). The number of amides is 5. The molecule has 1 aromatic heterocycles. The standard InChI is InChI=1S/C87H152N10O31/c1-2-3-19-90-81(98)12-13-85(102)96-73-76-8-4-5-9-78(76)87-86(79-10-6-7-11-80(79)96)94-95-97(87)22-26-104-28-30-106-32-34-108-36-38-110-40-42-112-44-46-114-48-50-116-52-54-118-56-58-120-60-62-122-64-66-124-68-70-126-72-71-125-69-67-123-65-63-121-61-59-119-57-55-117-53-51-115-49-47-113-45-43-111-41-39-109-37-35-107-33-31-105-29-27-103-23-16-84(101)93-77(74-127-24-14-82(99)91-20-17-88)75-128-25-15-83(100)92-21-18-89/h4-11,77H,2-3,12-75,88-89H2,1H3,(H,90,98)(H,91,99)(H,92,100)(H,93,101). The highest BCUT2D eigenvalue weighted by molar-refractivity contribution is 6.01. The summed E-state index contributed by atoms with van der Waals surface area (Å²) in [6.07, 6.45) is 2.53. The maximum atomic E-state index is 13.8. The highest BCUT2D eigenvalue weighted by Gasteiger charge is 2.30. The van der Waals surface area contributed by atoms with Crippen LogP contribution in [0, 0.1) is 0 Å². The number of carbonyl (C=O) groups is 5. The van der Waals surface area contributed by atoms with Gasteiger partial charge in [0.1, 0.15) is 5.69 Å². The molecule has 5 amide bonds. The van der Waals surface area contributed by atoms with Crippen LogP contribution in [0.5, 0.6) is 0 Å². The number of hydrogen-bond donors (Lipinski definition) is 6. The van der Waals surface area contributed by atoms with E-state index >= 15 is 0 Å². The summed E-state index contributed by atoms with van der Waals surface area (Å²) in [7, 11) is 0. The van der Waals surface area contributed by atoms with Gasteiger partial charge in [-0.2, -0.15) is 0 Å². The molecule has 41 nitrogen and oxygen atoms in total. The first-order chi connectivity index (χ1) is 63.2. The van der Waals surface area contributed by atoms with E-state index in [-0.39, 0.29) is 94.7 Å².